The lowest BCUT2D eigenvalue weighted by Gasteiger charge is -2.37. The smallest absolute Gasteiger partial charge is 0.251 e. The number of nitrogens with one attached hydrogen (secondary N) is 1. The molecule has 1 heterocycles. The number of benzene rings is 1. The van der Waals surface area contributed by atoms with E-state index in [0.29, 0.717) is 12.1 Å². The van der Waals surface area contributed by atoms with Crippen LogP contribution < -0.4 is 5.32 Å². The molecule has 0 spiro atoms. The van der Waals surface area contributed by atoms with E-state index in [2.05, 4.69) is 38.0 Å². The maximum atomic E-state index is 12.0. The molecule has 2 rings (SSSR count). The van der Waals surface area contributed by atoms with Gasteiger partial charge in [0.25, 0.3) is 5.91 Å². The predicted molar refractivity (Wildman–Crippen MR) is 126 cm³/mol. The summed E-state index contributed by atoms with van der Waals surface area (Å²) >= 11 is 0. The third-order valence-electron chi connectivity index (χ3n) is 5.10. The standard InChI is InChI=1S/C20H32N2O2.C3H8.C2H6/c1-3-18(22(2)19-12-15-24-16-13-19)11-7-8-14-21-20(23)17-9-5-4-6-10-17;1-3-2;1-2/h4-6,9-10,18-19H,3,7-8,11-16H2,1-2H3,(H,21,23);3H2,1-2H3;1-2H3/t18-;;/m0../s1. The Hall–Kier alpha value is -1.39. The second-order valence-corrected chi connectivity index (χ2v) is 7.40. The highest BCUT2D eigenvalue weighted by atomic mass is 16.5. The largest absolute Gasteiger partial charge is 0.381 e. The first kappa shape index (κ1) is 27.6. The Bertz CT molecular complexity index is 487. The maximum absolute atomic E-state index is 12.0. The molecule has 1 fully saturated rings. The van der Waals surface area contributed by atoms with Crippen molar-refractivity contribution < 1.29 is 9.53 Å². The highest BCUT2D eigenvalue weighted by Crippen LogP contribution is 2.20. The third kappa shape index (κ3) is 12.0. The van der Waals surface area contributed by atoms with Gasteiger partial charge in [-0.2, -0.15) is 0 Å². The molecule has 0 radical (unpaired) electrons. The molecule has 1 aromatic carbocycles. The first-order valence-electron chi connectivity index (χ1n) is 11.8. The van der Waals surface area contributed by atoms with Crippen LogP contribution in [0.3, 0.4) is 0 Å². The minimum Gasteiger partial charge on any atom is -0.381 e. The number of amides is 1. The Morgan fingerprint density at radius 2 is 1.69 bits per heavy atom. The van der Waals surface area contributed by atoms with Gasteiger partial charge in [-0.3, -0.25) is 4.79 Å². The fourth-order valence-electron chi connectivity index (χ4n) is 3.48. The summed E-state index contributed by atoms with van der Waals surface area (Å²) in [6, 6.07) is 10.7. The number of unbranched alkanes of at least 4 members (excludes halogenated alkanes) is 1. The second kappa shape index (κ2) is 18.6. The second-order valence-electron chi connectivity index (χ2n) is 7.40. The summed E-state index contributed by atoms with van der Waals surface area (Å²) in [5.41, 5.74) is 0.739. The topological polar surface area (TPSA) is 41.6 Å². The summed E-state index contributed by atoms with van der Waals surface area (Å²) in [5.74, 6) is 0.0296. The number of carbonyl (C=O) groups excluding carboxylic acids is 1. The first-order valence-corrected chi connectivity index (χ1v) is 11.8. The molecule has 1 aliphatic rings. The third-order valence-corrected chi connectivity index (χ3v) is 5.10. The summed E-state index contributed by atoms with van der Waals surface area (Å²) in [6.45, 7) is 13.1. The van der Waals surface area contributed by atoms with Crippen molar-refractivity contribution >= 4 is 5.91 Å². The molecule has 0 saturated carbocycles. The van der Waals surface area contributed by atoms with Crippen LogP contribution in [0.25, 0.3) is 0 Å². The number of carbonyl (C=O) groups is 1. The van der Waals surface area contributed by atoms with Crippen LogP contribution in [0, 0.1) is 0 Å². The number of ether oxygens (including phenoxy) is 1. The molecule has 1 aliphatic heterocycles. The highest BCUT2D eigenvalue weighted by molar-refractivity contribution is 5.94. The van der Waals surface area contributed by atoms with Crippen LogP contribution in [-0.4, -0.2) is 49.7 Å². The average molecular weight is 407 g/mol. The molecule has 1 aromatic rings. The average Bonchev–Trinajstić information content (AvgIpc) is 2.79. The fraction of sp³-hybridized carbons (Fsp3) is 0.720. The summed E-state index contributed by atoms with van der Waals surface area (Å²) in [5, 5.41) is 3.01. The Morgan fingerprint density at radius 3 is 2.24 bits per heavy atom. The van der Waals surface area contributed by atoms with Gasteiger partial charge in [-0.05, 0) is 51.3 Å². The Balaban J connectivity index is 0.00000143. The van der Waals surface area contributed by atoms with Crippen molar-refractivity contribution in [2.24, 2.45) is 0 Å². The quantitative estimate of drug-likeness (QED) is 0.518. The lowest BCUT2D eigenvalue weighted by atomic mass is 10.0. The molecule has 0 unspecified atom stereocenters. The van der Waals surface area contributed by atoms with E-state index >= 15 is 0 Å². The molecule has 4 nitrogen and oxygen atoms in total. The summed E-state index contributed by atoms with van der Waals surface area (Å²) in [6.07, 6.45) is 8.13. The predicted octanol–water partition coefficient (Wildman–Crippen LogP) is 5.92. The molecule has 0 bridgehead atoms. The normalized spacial score (nSPS) is 14.9. The van der Waals surface area contributed by atoms with Crippen LogP contribution in [0.2, 0.25) is 0 Å². The molecule has 1 saturated heterocycles. The molecule has 0 aromatic heterocycles. The summed E-state index contributed by atoms with van der Waals surface area (Å²) in [7, 11) is 2.27. The first-order chi connectivity index (χ1) is 14.1. The van der Waals surface area contributed by atoms with Crippen LogP contribution in [0.15, 0.2) is 30.3 Å². The number of hydrogen-bond donors (Lipinski definition) is 1. The van der Waals surface area contributed by atoms with Crippen LogP contribution in [-0.2, 0) is 4.74 Å². The van der Waals surface area contributed by atoms with Crippen molar-refractivity contribution in [2.45, 2.75) is 91.6 Å². The lowest BCUT2D eigenvalue weighted by Crippen LogP contribution is -2.43. The zero-order valence-electron chi connectivity index (χ0n) is 19.9. The van der Waals surface area contributed by atoms with Gasteiger partial charge in [0.05, 0.1) is 0 Å². The summed E-state index contributed by atoms with van der Waals surface area (Å²) < 4.78 is 5.47. The highest BCUT2D eigenvalue weighted by Gasteiger charge is 2.23. The van der Waals surface area contributed by atoms with Gasteiger partial charge in [0, 0.05) is 37.4 Å². The van der Waals surface area contributed by atoms with Crippen molar-refractivity contribution in [3.05, 3.63) is 35.9 Å². The van der Waals surface area contributed by atoms with Gasteiger partial charge >= 0.3 is 0 Å². The maximum Gasteiger partial charge on any atom is 0.251 e. The minimum absolute atomic E-state index is 0.0296. The van der Waals surface area contributed by atoms with Gasteiger partial charge in [-0.1, -0.05) is 65.7 Å². The lowest BCUT2D eigenvalue weighted by molar-refractivity contribution is 0.0260. The Labute approximate surface area is 180 Å². The Morgan fingerprint density at radius 1 is 1.10 bits per heavy atom. The number of nitrogens with zero attached hydrogens (tertiary/aromatic N) is 1. The van der Waals surface area contributed by atoms with Crippen molar-refractivity contribution in [3.8, 4) is 0 Å². The molecule has 1 atom stereocenters. The van der Waals surface area contributed by atoms with Crippen molar-refractivity contribution in [2.75, 3.05) is 26.8 Å². The van der Waals surface area contributed by atoms with Crippen molar-refractivity contribution in [1.29, 1.82) is 0 Å². The van der Waals surface area contributed by atoms with Gasteiger partial charge < -0.3 is 15.0 Å². The van der Waals surface area contributed by atoms with E-state index in [1.165, 1.54) is 19.3 Å². The zero-order valence-corrected chi connectivity index (χ0v) is 19.9. The monoisotopic (exact) mass is 406 g/mol. The van der Waals surface area contributed by atoms with E-state index in [0.717, 1.165) is 51.0 Å². The zero-order chi connectivity index (χ0) is 21.9. The van der Waals surface area contributed by atoms with Crippen molar-refractivity contribution in [3.63, 3.8) is 0 Å². The van der Waals surface area contributed by atoms with Crippen molar-refractivity contribution in [1.82, 2.24) is 10.2 Å². The molecule has 1 amide bonds. The van der Waals surface area contributed by atoms with E-state index in [1.807, 2.05) is 44.2 Å². The van der Waals surface area contributed by atoms with Crippen LogP contribution in [0.5, 0.6) is 0 Å². The number of rotatable bonds is 9. The van der Waals surface area contributed by atoms with Gasteiger partial charge in [0.15, 0.2) is 0 Å². The van der Waals surface area contributed by atoms with Crippen LogP contribution in [0.4, 0.5) is 0 Å². The number of hydrogen-bond acceptors (Lipinski definition) is 3. The van der Waals surface area contributed by atoms with E-state index in [-0.39, 0.29) is 5.91 Å². The Kier molecular flexibility index (Phi) is 17.7. The molecule has 0 aliphatic carbocycles. The van der Waals surface area contributed by atoms with E-state index in [9.17, 15) is 4.79 Å². The molecule has 168 valence electrons. The van der Waals surface area contributed by atoms with E-state index < -0.39 is 0 Å². The van der Waals surface area contributed by atoms with E-state index in [1.54, 1.807) is 0 Å². The minimum atomic E-state index is 0.0296. The van der Waals surface area contributed by atoms with Gasteiger partial charge in [-0.15, -0.1) is 0 Å². The molecule has 1 N–H and O–H groups in total. The molecule has 29 heavy (non-hydrogen) atoms. The SMILES string of the molecule is CC.CCC.CC[C@@H](CCCCNC(=O)c1ccccc1)N(C)C1CCOCC1. The van der Waals surface area contributed by atoms with Gasteiger partial charge in [0.2, 0.25) is 0 Å². The fourth-order valence-corrected chi connectivity index (χ4v) is 3.48. The van der Waals surface area contributed by atoms with Gasteiger partial charge in [-0.25, -0.2) is 0 Å². The molecular formula is C25H46N2O2. The van der Waals surface area contributed by atoms with Crippen LogP contribution in [0.1, 0.15) is 89.9 Å². The van der Waals surface area contributed by atoms with E-state index in [4.69, 9.17) is 4.74 Å². The summed E-state index contributed by atoms with van der Waals surface area (Å²) in [4.78, 5) is 14.5. The molecule has 4 heteroatoms. The van der Waals surface area contributed by atoms with Gasteiger partial charge in [0.1, 0.15) is 0 Å². The molecular weight excluding hydrogens is 360 g/mol. The van der Waals surface area contributed by atoms with Crippen LogP contribution >= 0.6 is 0 Å².